The molecule has 3 atom stereocenters. The van der Waals surface area contributed by atoms with E-state index in [1.807, 2.05) is 0 Å². The van der Waals surface area contributed by atoms with Crippen molar-refractivity contribution >= 4 is 0 Å². The Bertz CT molecular complexity index is 470. The van der Waals surface area contributed by atoms with Gasteiger partial charge >= 0.3 is 0 Å². The molecule has 2 nitrogen and oxygen atoms in total. The van der Waals surface area contributed by atoms with Crippen molar-refractivity contribution in [2.75, 3.05) is 20.1 Å². The fraction of sp³-hybridized carbons (Fsp3) is 0.684. The van der Waals surface area contributed by atoms with Crippen molar-refractivity contribution in [1.29, 1.82) is 0 Å². The van der Waals surface area contributed by atoms with Gasteiger partial charge in [0.05, 0.1) is 0 Å². The molecule has 0 aliphatic carbocycles. The van der Waals surface area contributed by atoms with Crippen LogP contribution in [0.25, 0.3) is 0 Å². The van der Waals surface area contributed by atoms with Crippen LogP contribution in [0.1, 0.15) is 37.7 Å². The van der Waals surface area contributed by atoms with Gasteiger partial charge < -0.3 is 10.2 Å². The van der Waals surface area contributed by atoms with E-state index in [2.05, 4.69) is 47.6 Å². The summed E-state index contributed by atoms with van der Waals surface area (Å²) in [5, 5.41) is 3.67. The first-order valence-electron chi connectivity index (χ1n) is 8.73. The Morgan fingerprint density at radius 1 is 1.14 bits per heavy atom. The third-order valence-corrected chi connectivity index (χ3v) is 6.65. The molecule has 0 aromatic heterocycles. The van der Waals surface area contributed by atoms with Gasteiger partial charge in [-0.05, 0) is 75.6 Å². The first-order chi connectivity index (χ1) is 10.3. The average Bonchev–Trinajstić information content (AvgIpc) is 2.74. The molecule has 0 amide bonds. The van der Waals surface area contributed by atoms with Crippen molar-refractivity contribution in [2.24, 2.45) is 11.3 Å². The predicted octanol–water partition coefficient (Wildman–Crippen LogP) is 3.08. The van der Waals surface area contributed by atoms with Gasteiger partial charge in [0.2, 0.25) is 0 Å². The minimum absolute atomic E-state index is 0.611. The molecule has 3 aliphatic heterocycles. The smallest absolute Gasteiger partial charge is 0.0101 e. The molecule has 2 heteroatoms. The Balaban J connectivity index is 1.57. The molecule has 2 bridgehead atoms. The second-order valence-electron chi connectivity index (χ2n) is 7.66. The molecular weight excluding hydrogens is 256 g/mol. The van der Waals surface area contributed by atoms with Crippen molar-refractivity contribution in [3.63, 3.8) is 0 Å². The van der Waals surface area contributed by atoms with E-state index in [1.54, 1.807) is 0 Å². The Morgan fingerprint density at radius 3 is 2.57 bits per heavy atom. The number of hydrogen-bond acceptors (Lipinski definition) is 2. The van der Waals surface area contributed by atoms with Crippen molar-refractivity contribution in [1.82, 2.24) is 10.2 Å². The number of nitrogens with one attached hydrogen (secondary N) is 1. The Hall–Kier alpha value is -0.860. The van der Waals surface area contributed by atoms with E-state index in [-0.39, 0.29) is 0 Å². The van der Waals surface area contributed by atoms with E-state index in [0.717, 1.165) is 18.0 Å². The number of fused-ring (bicyclic) bond motifs is 2. The zero-order valence-corrected chi connectivity index (χ0v) is 13.2. The van der Waals surface area contributed by atoms with Crippen LogP contribution >= 0.6 is 0 Å². The van der Waals surface area contributed by atoms with Crippen LogP contribution in [0.15, 0.2) is 30.3 Å². The summed E-state index contributed by atoms with van der Waals surface area (Å²) in [6, 6.07) is 12.9. The van der Waals surface area contributed by atoms with E-state index >= 15 is 0 Å². The second kappa shape index (κ2) is 5.40. The van der Waals surface area contributed by atoms with E-state index < -0.39 is 0 Å². The van der Waals surface area contributed by atoms with Crippen LogP contribution in [0.5, 0.6) is 0 Å². The lowest BCUT2D eigenvalue weighted by atomic mass is 9.61. The van der Waals surface area contributed by atoms with Gasteiger partial charge in [-0.1, -0.05) is 30.3 Å². The number of benzene rings is 1. The van der Waals surface area contributed by atoms with Crippen LogP contribution in [-0.4, -0.2) is 37.1 Å². The SMILES string of the molecule is CN1C2CCC1CC1(CCNCC1Cc1ccccc1)C2. The minimum Gasteiger partial charge on any atom is -0.316 e. The number of rotatable bonds is 2. The molecule has 3 heterocycles. The summed E-state index contributed by atoms with van der Waals surface area (Å²) in [6.07, 6.45) is 8.42. The summed E-state index contributed by atoms with van der Waals surface area (Å²) in [4.78, 5) is 2.69. The van der Waals surface area contributed by atoms with E-state index in [9.17, 15) is 0 Å². The summed E-state index contributed by atoms with van der Waals surface area (Å²) in [5.41, 5.74) is 2.14. The van der Waals surface area contributed by atoms with E-state index in [1.165, 1.54) is 57.2 Å². The molecule has 1 aromatic carbocycles. The standard InChI is InChI=1S/C19H28N2/c1-21-17-7-8-18(21)13-19(12-17)9-10-20-14-16(19)11-15-5-3-2-4-6-15/h2-6,16-18,20H,7-14H2,1H3. The highest BCUT2D eigenvalue weighted by Crippen LogP contribution is 2.52. The highest BCUT2D eigenvalue weighted by Gasteiger charge is 2.50. The monoisotopic (exact) mass is 284 g/mol. The van der Waals surface area contributed by atoms with Gasteiger partial charge in [0, 0.05) is 12.1 Å². The largest absolute Gasteiger partial charge is 0.316 e. The third kappa shape index (κ3) is 2.43. The van der Waals surface area contributed by atoms with Crippen LogP contribution < -0.4 is 5.32 Å². The number of hydrogen-bond donors (Lipinski definition) is 1. The Labute approximate surface area is 128 Å². The molecule has 1 N–H and O–H groups in total. The third-order valence-electron chi connectivity index (χ3n) is 6.65. The van der Waals surface area contributed by atoms with Crippen LogP contribution in [0.2, 0.25) is 0 Å². The first-order valence-corrected chi connectivity index (χ1v) is 8.73. The first kappa shape index (κ1) is 13.8. The van der Waals surface area contributed by atoms with Gasteiger partial charge in [0.25, 0.3) is 0 Å². The van der Waals surface area contributed by atoms with Crippen LogP contribution in [0, 0.1) is 11.3 Å². The van der Waals surface area contributed by atoms with E-state index in [0.29, 0.717) is 5.41 Å². The van der Waals surface area contributed by atoms with Crippen molar-refractivity contribution in [3.8, 4) is 0 Å². The molecule has 3 aliphatic rings. The molecule has 114 valence electrons. The zero-order chi connectivity index (χ0) is 14.3. The summed E-state index contributed by atoms with van der Waals surface area (Å²) in [5.74, 6) is 0.824. The fourth-order valence-corrected chi connectivity index (χ4v) is 5.36. The second-order valence-corrected chi connectivity index (χ2v) is 7.66. The van der Waals surface area contributed by atoms with Crippen LogP contribution in [0.4, 0.5) is 0 Å². The van der Waals surface area contributed by atoms with Crippen molar-refractivity contribution < 1.29 is 0 Å². The summed E-state index contributed by atoms with van der Waals surface area (Å²) < 4.78 is 0. The van der Waals surface area contributed by atoms with Crippen molar-refractivity contribution in [3.05, 3.63) is 35.9 Å². The average molecular weight is 284 g/mol. The molecule has 3 saturated heterocycles. The maximum absolute atomic E-state index is 3.67. The van der Waals surface area contributed by atoms with Gasteiger partial charge in [-0.3, -0.25) is 0 Å². The topological polar surface area (TPSA) is 15.3 Å². The quantitative estimate of drug-likeness (QED) is 0.898. The number of piperidine rings is 2. The molecule has 1 aromatic rings. The Morgan fingerprint density at radius 2 is 1.86 bits per heavy atom. The molecule has 0 radical (unpaired) electrons. The molecule has 3 fully saturated rings. The van der Waals surface area contributed by atoms with Crippen LogP contribution in [-0.2, 0) is 6.42 Å². The van der Waals surface area contributed by atoms with Gasteiger partial charge in [-0.25, -0.2) is 0 Å². The highest BCUT2D eigenvalue weighted by atomic mass is 15.2. The van der Waals surface area contributed by atoms with Crippen LogP contribution in [0.3, 0.4) is 0 Å². The summed E-state index contributed by atoms with van der Waals surface area (Å²) >= 11 is 0. The summed E-state index contributed by atoms with van der Waals surface area (Å²) in [7, 11) is 2.36. The molecule has 4 rings (SSSR count). The van der Waals surface area contributed by atoms with Gasteiger partial charge in [0.1, 0.15) is 0 Å². The lowest BCUT2D eigenvalue weighted by Crippen LogP contribution is -2.54. The van der Waals surface area contributed by atoms with Gasteiger partial charge in [-0.15, -0.1) is 0 Å². The molecule has 21 heavy (non-hydrogen) atoms. The maximum Gasteiger partial charge on any atom is 0.0101 e. The number of nitrogens with zero attached hydrogens (tertiary/aromatic N) is 1. The van der Waals surface area contributed by atoms with E-state index in [4.69, 9.17) is 0 Å². The van der Waals surface area contributed by atoms with Gasteiger partial charge in [0.15, 0.2) is 0 Å². The lowest BCUT2D eigenvalue weighted by molar-refractivity contribution is -0.00725. The molecular formula is C19H28N2. The molecule has 1 spiro atoms. The normalized spacial score (nSPS) is 39.8. The molecule has 3 unspecified atom stereocenters. The predicted molar refractivity (Wildman–Crippen MR) is 87.4 cm³/mol. The molecule has 0 saturated carbocycles. The minimum atomic E-state index is 0.611. The van der Waals surface area contributed by atoms with Crippen molar-refractivity contribution in [2.45, 2.75) is 50.6 Å². The Kier molecular flexibility index (Phi) is 3.55. The lowest BCUT2D eigenvalue weighted by Gasteiger charge is -2.52. The highest BCUT2D eigenvalue weighted by molar-refractivity contribution is 5.17. The van der Waals surface area contributed by atoms with Gasteiger partial charge in [-0.2, -0.15) is 0 Å². The zero-order valence-electron chi connectivity index (χ0n) is 13.2. The fourth-order valence-electron chi connectivity index (χ4n) is 5.36. The maximum atomic E-state index is 3.67. The summed E-state index contributed by atoms with van der Waals surface area (Å²) in [6.45, 7) is 2.45.